The highest BCUT2D eigenvalue weighted by molar-refractivity contribution is 8.01. The Labute approximate surface area is 153 Å². The van der Waals surface area contributed by atoms with E-state index in [9.17, 15) is 14.9 Å². The van der Waals surface area contributed by atoms with Gasteiger partial charge in [-0.05, 0) is 38.4 Å². The average Bonchev–Trinajstić information content (AvgIpc) is 3.24. The molecule has 0 aliphatic carbocycles. The van der Waals surface area contributed by atoms with Crippen molar-refractivity contribution in [1.29, 1.82) is 0 Å². The number of nitro groups is 1. The van der Waals surface area contributed by atoms with Gasteiger partial charge in [-0.25, -0.2) is 4.98 Å². The van der Waals surface area contributed by atoms with E-state index in [1.807, 2.05) is 12.3 Å². The lowest BCUT2D eigenvalue weighted by Gasteiger charge is -2.11. The van der Waals surface area contributed by atoms with E-state index in [0.717, 1.165) is 29.4 Å². The zero-order valence-electron chi connectivity index (χ0n) is 13.7. The van der Waals surface area contributed by atoms with E-state index in [1.54, 1.807) is 12.1 Å². The van der Waals surface area contributed by atoms with Crippen molar-refractivity contribution in [3.05, 3.63) is 45.0 Å². The summed E-state index contributed by atoms with van der Waals surface area (Å²) >= 11 is 2.68. The van der Waals surface area contributed by atoms with Crippen LogP contribution in [0.4, 0.5) is 5.69 Å². The predicted molar refractivity (Wildman–Crippen MR) is 97.4 cm³/mol. The van der Waals surface area contributed by atoms with Gasteiger partial charge in [-0.1, -0.05) is 11.8 Å². The Morgan fingerprint density at radius 3 is 3.04 bits per heavy atom. The van der Waals surface area contributed by atoms with Crippen LogP contribution < -0.4 is 10.6 Å². The molecule has 0 saturated carbocycles. The highest BCUT2D eigenvalue weighted by atomic mass is 32.2. The number of thiazole rings is 1. The normalized spacial score (nSPS) is 16.8. The Kier molecular flexibility index (Phi) is 5.67. The second-order valence-electron chi connectivity index (χ2n) is 5.80. The molecule has 1 unspecified atom stereocenters. The second kappa shape index (κ2) is 7.94. The van der Waals surface area contributed by atoms with Gasteiger partial charge in [0.2, 0.25) is 0 Å². The first kappa shape index (κ1) is 17.8. The molecule has 1 aromatic carbocycles. The molecule has 25 heavy (non-hydrogen) atoms. The zero-order chi connectivity index (χ0) is 17.8. The third-order valence-electron chi connectivity index (χ3n) is 3.88. The summed E-state index contributed by atoms with van der Waals surface area (Å²) in [5.74, 6) is -0.293. The summed E-state index contributed by atoms with van der Waals surface area (Å²) in [6.07, 6.45) is 2.14. The summed E-state index contributed by atoms with van der Waals surface area (Å²) in [6.45, 7) is 3.37. The van der Waals surface area contributed by atoms with Crippen molar-refractivity contribution in [1.82, 2.24) is 15.6 Å². The van der Waals surface area contributed by atoms with Crippen molar-refractivity contribution in [2.75, 3.05) is 13.1 Å². The first-order chi connectivity index (χ1) is 12.0. The minimum Gasteiger partial charge on any atom is -0.350 e. The van der Waals surface area contributed by atoms with Crippen molar-refractivity contribution < 1.29 is 9.72 Å². The number of nitro benzene ring substituents is 1. The molecule has 1 aliphatic rings. The van der Waals surface area contributed by atoms with Gasteiger partial charge in [0.25, 0.3) is 11.6 Å². The van der Waals surface area contributed by atoms with Crippen LogP contribution in [0.15, 0.2) is 32.8 Å². The number of rotatable bonds is 6. The summed E-state index contributed by atoms with van der Waals surface area (Å²) in [5.41, 5.74) is 1.10. The minimum absolute atomic E-state index is 0.0792. The van der Waals surface area contributed by atoms with Crippen molar-refractivity contribution in [2.24, 2.45) is 0 Å². The Hall–Kier alpha value is -1.97. The molecule has 2 N–H and O–H groups in total. The van der Waals surface area contributed by atoms with E-state index in [4.69, 9.17) is 0 Å². The molecule has 1 aliphatic heterocycles. The first-order valence-electron chi connectivity index (χ1n) is 7.93. The van der Waals surface area contributed by atoms with Crippen molar-refractivity contribution in [3.63, 3.8) is 0 Å². The number of nitrogens with one attached hydrogen (secondary N) is 2. The minimum atomic E-state index is -0.460. The monoisotopic (exact) mass is 378 g/mol. The van der Waals surface area contributed by atoms with Gasteiger partial charge in [-0.3, -0.25) is 14.9 Å². The number of nitrogens with zero attached hydrogens (tertiary/aromatic N) is 2. The first-order valence-corrected chi connectivity index (χ1v) is 9.62. The van der Waals surface area contributed by atoms with Crippen LogP contribution in [-0.2, 0) is 0 Å². The van der Waals surface area contributed by atoms with E-state index < -0.39 is 4.92 Å². The predicted octanol–water partition coefficient (Wildman–Crippen LogP) is 2.99. The lowest BCUT2D eigenvalue weighted by Crippen LogP contribution is -2.37. The molecule has 1 saturated heterocycles. The fraction of sp³-hybridized carbons (Fsp3) is 0.375. The number of aryl methyl sites for hydroxylation is 1. The van der Waals surface area contributed by atoms with Gasteiger partial charge in [-0.2, -0.15) is 0 Å². The molecule has 2 heterocycles. The van der Waals surface area contributed by atoms with Crippen LogP contribution in [0.1, 0.15) is 28.9 Å². The molecule has 9 heteroatoms. The topological polar surface area (TPSA) is 97.2 Å². The maximum atomic E-state index is 12.3. The molecule has 1 aromatic heterocycles. The van der Waals surface area contributed by atoms with E-state index in [2.05, 4.69) is 15.6 Å². The largest absolute Gasteiger partial charge is 0.350 e. The van der Waals surface area contributed by atoms with Gasteiger partial charge in [0.1, 0.15) is 0 Å². The molecular weight excluding hydrogens is 360 g/mol. The van der Waals surface area contributed by atoms with Crippen molar-refractivity contribution in [3.8, 4) is 0 Å². The third-order valence-corrected chi connectivity index (χ3v) is 6.01. The molecule has 7 nitrogen and oxygen atoms in total. The molecule has 1 fully saturated rings. The van der Waals surface area contributed by atoms with Gasteiger partial charge < -0.3 is 10.6 Å². The van der Waals surface area contributed by atoms with E-state index >= 15 is 0 Å². The van der Waals surface area contributed by atoms with Crippen LogP contribution in [0, 0.1) is 17.0 Å². The zero-order valence-corrected chi connectivity index (χ0v) is 15.3. The summed E-state index contributed by atoms with van der Waals surface area (Å²) in [6, 6.07) is 4.84. The van der Waals surface area contributed by atoms with Crippen LogP contribution in [0.25, 0.3) is 0 Å². The number of aromatic nitrogens is 1. The quantitative estimate of drug-likeness (QED) is 0.592. The van der Waals surface area contributed by atoms with Gasteiger partial charge in [0.05, 0.1) is 9.82 Å². The maximum absolute atomic E-state index is 12.3. The number of hydrogen-bond donors (Lipinski definition) is 2. The lowest BCUT2D eigenvalue weighted by molar-refractivity contribution is -0.387. The Morgan fingerprint density at radius 1 is 1.56 bits per heavy atom. The molecule has 1 atom stereocenters. The average molecular weight is 378 g/mol. The van der Waals surface area contributed by atoms with Gasteiger partial charge in [0, 0.05) is 35.3 Å². The lowest BCUT2D eigenvalue weighted by atomic mass is 10.1. The second-order valence-corrected chi connectivity index (χ2v) is 7.95. The van der Waals surface area contributed by atoms with Crippen LogP contribution in [0.3, 0.4) is 0 Å². The van der Waals surface area contributed by atoms with Crippen molar-refractivity contribution in [2.45, 2.75) is 35.0 Å². The third kappa shape index (κ3) is 4.56. The number of carbonyl (C=O) groups excluding carboxylic acids is 1. The summed E-state index contributed by atoms with van der Waals surface area (Å²) < 4.78 is 0.741. The number of hydrogen-bond acceptors (Lipinski definition) is 7. The molecule has 0 radical (unpaired) electrons. The van der Waals surface area contributed by atoms with Crippen LogP contribution >= 0.6 is 23.1 Å². The Morgan fingerprint density at radius 2 is 2.40 bits per heavy atom. The molecule has 2 aromatic rings. The number of amides is 1. The van der Waals surface area contributed by atoms with Gasteiger partial charge in [-0.15, -0.1) is 11.3 Å². The Balaban J connectivity index is 1.73. The highest BCUT2D eigenvalue weighted by Gasteiger charge is 2.20. The number of carbonyl (C=O) groups is 1. The summed E-state index contributed by atoms with van der Waals surface area (Å²) in [7, 11) is 0. The fourth-order valence-corrected chi connectivity index (χ4v) is 4.49. The summed E-state index contributed by atoms with van der Waals surface area (Å²) in [4.78, 5) is 28.0. The molecule has 3 rings (SSSR count). The van der Waals surface area contributed by atoms with Gasteiger partial charge >= 0.3 is 0 Å². The van der Waals surface area contributed by atoms with Gasteiger partial charge in [0.15, 0.2) is 4.34 Å². The summed E-state index contributed by atoms with van der Waals surface area (Å²) in [5, 5.41) is 19.4. The molecular formula is C16H18N4O3S2. The highest BCUT2D eigenvalue weighted by Crippen LogP contribution is 2.36. The van der Waals surface area contributed by atoms with E-state index in [-0.39, 0.29) is 17.6 Å². The Bertz CT molecular complexity index is 787. The smallest absolute Gasteiger partial charge is 0.284 e. The van der Waals surface area contributed by atoms with Crippen LogP contribution in [0.5, 0.6) is 0 Å². The van der Waals surface area contributed by atoms with E-state index in [1.165, 1.54) is 29.2 Å². The number of benzene rings is 1. The molecule has 0 bridgehead atoms. The fourth-order valence-electron chi connectivity index (χ4n) is 2.61. The van der Waals surface area contributed by atoms with Crippen LogP contribution in [0.2, 0.25) is 0 Å². The van der Waals surface area contributed by atoms with Crippen molar-refractivity contribution >= 4 is 34.7 Å². The molecule has 132 valence electrons. The SMILES string of the molecule is Cc1csc(Sc2ccc(C(=O)NCC3CCCN3)cc2[N+](=O)[O-])n1. The molecule has 1 amide bonds. The standard InChI is InChI=1S/C16H18N4O3S2/c1-10-9-24-16(19-10)25-14-5-4-11(7-13(14)20(22)23)15(21)18-8-12-3-2-6-17-12/h4-5,7,9,12,17H,2-3,6,8H2,1H3,(H,18,21). The molecule has 0 spiro atoms. The maximum Gasteiger partial charge on any atom is 0.284 e. The van der Waals surface area contributed by atoms with E-state index in [0.29, 0.717) is 17.0 Å². The van der Waals surface area contributed by atoms with Crippen LogP contribution in [-0.4, -0.2) is 34.9 Å².